The normalized spacial score (nSPS) is 10.2. The third kappa shape index (κ3) is 2.61. The summed E-state index contributed by atoms with van der Waals surface area (Å²) in [6.07, 6.45) is 0.326. The summed E-state index contributed by atoms with van der Waals surface area (Å²) >= 11 is 5.99. The lowest BCUT2D eigenvalue weighted by Gasteiger charge is -2.03. The Bertz CT molecular complexity index is 583. The van der Waals surface area contributed by atoms with E-state index < -0.39 is 0 Å². The van der Waals surface area contributed by atoms with Crippen LogP contribution in [0.4, 0.5) is 5.95 Å². The summed E-state index contributed by atoms with van der Waals surface area (Å²) in [5, 5.41) is 8.08. The Morgan fingerprint density at radius 1 is 1.35 bits per heavy atom. The quantitative estimate of drug-likeness (QED) is 0.551. The fourth-order valence-corrected chi connectivity index (χ4v) is 1.57. The highest BCUT2D eigenvalue weighted by Gasteiger charge is 2.07. The number of nitrogens with one attached hydrogen (secondary N) is 2. The van der Waals surface area contributed by atoms with Crippen molar-refractivity contribution in [2.75, 3.05) is 5.43 Å². The van der Waals surface area contributed by atoms with Gasteiger partial charge in [-0.1, -0.05) is 29.8 Å². The first-order valence-corrected chi connectivity index (χ1v) is 5.24. The van der Waals surface area contributed by atoms with Gasteiger partial charge in [-0.05, 0) is 11.6 Å². The zero-order chi connectivity index (χ0) is 12.3. The van der Waals surface area contributed by atoms with Gasteiger partial charge in [0.25, 0.3) is 5.56 Å². The highest BCUT2D eigenvalue weighted by atomic mass is 35.5. The predicted octanol–water partition coefficient (Wildman–Crippen LogP) is 0.695. The van der Waals surface area contributed by atoms with Gasteiger partial charge in [0.15, 0.2) is 0 Å². The van der Waals surface area contributed by atoms with Crippen LogP contribution in [0.5, 0.6) is 0 Å². The van der Waals surface area contributed by atoms with Crippen molar-refractivity contribution in [1.82, 2.24) is 15.2 Å². The number of rotatable bonds is 3. The number of aromatic amines is 1. The molecule has 0 aliphatic heterocycles. The number of nitrogen functional groups attached to an aromatic ring is 1. The van der Waals surface area contributed by atoms with E-state index in [4.69, 9.17) is 17.4 Å². The topological polar surface area (TPSA) is 96.7 Å². The van der Waals surface area contributed by atoms with Gasteiger partial charge in [-0.3, -0.25) is 15.2 Å². The zero-order valence-electron chi connectivity index (χ0n) is 8.77. The van der Waals surface area contributed by atoms with Crippen LogP contribution in [0.3, 0.4) is 0 Å². The average molecular weight is 252 g/mol. The van der Waals surface area contributed by atoms with E-state index >= 15 is 0 Å². The molecule has 1 aromatic heterocycles. The Morgan fingerprint density at radius 2 is 2.12 bits per heavy atom. The van der Waals surface area contributed by atoms with E-state index in [1.54, 1.807) is 6.07 Å². The molecule has 0 saturated heterocycles. The molecule has 0 amide bonds. The van der Waals surface area contributed by atoms with Crippen molar-refractivity contribution in [2.45, 2.75) is 6.42 Å². The maximum atomic E-state index is 11.6. The molecule has 0 spiro atoms. The number of H-pyrrole nitrogens is 1. The molecule has 7 heteroatoms. The van der Waals surface area contributed by atoms with Crippen LogP contribution in [-0.2, 0) is 6.42 Å². The van der Waals surface area contributed by atoms with Crippen molar-refractivity contribution in [1.29, 1.82) is 0 Å². The van der Waals surface area contributed by atoms with E-state index in [9.17, 15) is 4.79 Å². The minimum atomic E-state index is -0.340. The van der Waals surface area contributed by atoms with Crippen LogP contribution in [0.2, 0.25) is 5.02 Å². The number of hydrogen-bond donors (Lipinski definition) is 3. The summed E-state index contributed by atoms with van der Waals surface area (Å²) in [5.41, 5.74) is 2.99. The van der Waals surface area contributed by atoms with E-state index in [2.05, 4.69) is 20.6 Å². The molecule has 2 rings (SSSR count). The molecule has 1 heterocycles. The number of hydrogen-bond acceptors (Lipinski definition) is 5. The summed E-state index contributed by atoms with van der Waals surface area (Å²) in [7, 11) is 0. The van der Waals surface area contributed by atoms with Crippen LogP contribution in [0, 0.1) is 0 Å². The van der Waals surface area contributed by atoms with Gasteiger partial charge in [-0.15, -0.1) is 10.2 Å². The van der Waals surface area contributed by atoms with Crippen molar-refractivity contribution in [3.8, 4) is 0 Å². The number of nitrogens with zero attached hydrogens (tertiary/aromatic N) is 2. The molecular weight excluding hydrogens is 242 g/mol. The third-order valence-corrected chi connectivity index (χ3v) is 2.59. The van der Waals surface area contributed by atoms with Crippen LogP contribution >= 0.6 is 11.6 Å². The summed E-state index contributed by atoms with van der Waals surface area (Å²) in [5.74, 6) is 5.22. The Hall–Kier alpha value is -1.92. The molecule has 0 fully saturated rings. The fourth-order valence-electron chi connectivity index (χ4n) is 1.36. The summed E-state index contributed by atoms with van der Waals surface area (Å²) in [6.45, 7) is 0. The van der Waals surface area contributed by atoms with Gasteiger partial charge in [0.2, 0.25) is 5.95 Å². The van der Waals surface area contributed by atoms with Crippen LogP contribution in [-0.4, -0.2) is 15.2 Å². The smallest absolute Gasteiger partial charge is 0.274 e. The first kappa shape index (κ1) is 11.6. The Balaban J connectivity index is 2.31. The molecule has 88 valence electrons. The van der Waals surface area contributed by atoms with E-state index in [0.717, 1.165) is 5.56 Å². The Morgan fingerprint density at radius 3 is 2.76 bits per heavy atom. The maximum Gasteiger partial charge on any atom is 0.274 e. The standard InChI is InChI=1S/C10H10ClN5O/c11-7-4-2-1-3-6(7)5-8-9(17)13-10(14-12)16-15-8/h1-4H,5,12H2,(H2,13,14,16,17). The molecule has 1 aromatic carbocycles. The van der Waals surface area contributed by atoms with Gasteiger partial charge in [-0.25, -0.2) is 5.84 Å². The average Bonchev–Trinajstić information content (AvgIpc) is 2.34. The van der Waals surface area contributed by atoms with E-state index in [-0.39, 0.29) is 17.2 Å². The maximum absolute atomic E-state index is 11.6. The summed E-state index contributed by atoms with van der Waals surface area (Å²) in [4.78, 5) is 14.1. The molecule has 4 N–H and O–H groups in total. The molecule has 6 nitrogen and oxygen atoms in total. The van der Waals surface area contributed by atoms with Gasteiger partial charge in [0.1, 0.15) is 5.69 Å². The SMILES string of the molecule is NNc1nnc(Cc2ccccc2Cl)c(=O)[nH]1. The molecule has 0 aliphatic rings. The highest BCUT2D eigenvalue weighted by Crippen LogP contribution is 2.16. The lowest BCUT2D eigenvalue weighted by atomic mass is 10.1. The molecule has 0 atom stereocenters. The van der Waals surface area contributed by atoms with Gasteiger partial charge in [0, 0.05) is 11.4 Å². The van der Waals surface area contributed by atoms with Gasteiger partial charge >= 0.3 is 0 Å². The number of hydrazine groups is 1. The molecule has 2 aromatic rings. The molecule has 0 radical (unpaired) electrons. The Labute approximate surface area is 102 Å². The van der Waals surface area contributed by atoms with E-state index in [1.165, 1.54) is 0 Å². The highest BCUT2D eigenvalue weighted by molar-refractivity contribution is 6.31. The molecule has 0 saturated carbocycles. The van der Waals surface area contributed by atoms with Crippen molar-refractivity contribution >= 4 is 17.5 Å². The minimum absolute atomic E-state index is 0.123. The third-order valence-electron chi connectivity index (χ3n) is 2.22. The lowest BCUT2D eigenvalue weighted by molar-refractivity contribution is 0.866. The summed E-state index contributed by atoms with van der Waals surface area (Å²) < 4.78 is 0. The van der Waals surface area contributed by atoms with Crippen LogP contribution in [0.1, 0.15) is 11.3 Å². The molecule has 17 heavy (non-hydrogen) atoms. The number of benzene rings is 1. The second-order valence-corrected chi connectivity index (χ2v) is 3.77. The number of halogens is 1. The minimum Gasteiger partial charge on any atom is -0.293 e. The van der Waals surface area contributed by atoms with Crippen molar-refractivity contribution < 1.29 is 0 Å². The number of aromatic nitrogens is 3. The zero-order valence-corrected chi connectivity index (χ0v) is 9.53. The van der Waals surface area contributed by atoms with Crippen LogP contribution in [0.15, 0.2) is 29.1 Å². The second-order valence-electron chi connectivity index (χ2n) is 3.36. The first-order valence-electron chi connectivity index (χ1n) is 4.86. The first-order chi connectivity index (χ1) is 8.20. The van der Waals surface area contributed by atoms with E-state index in [1.807, 2.05) is 18.2 Å². The largest absolute Gasteiger partial charge is 0.293 e. The van der Waals surface area contributed by atoms with Crippen LogP contribution in [0.25, 0.3) is 0 Å². The number of anilines is 1. The Kier molecular flexibility index (Phi) is 3.36. The van der Waals surface area contributed by atoms with Crippen molar-refractivity contribution in [2.24, 2.45) is 5.84 Å². The van der Waals surface area contributed by atoms with Gasteiger partial charge in [-0.2, -0.15) is 0 Å². The van der Waals surface area contributed by atoms with Crippen LogP contribution < -0.4 is 16.8 Å². The molecule has 0 aliphatic carbocycles. The second kappa shape index (κ2) is 4.94. The summed E-state index contributed by atoms with van der Waals surface area (Å²) in [6, 6.07) is 7.26. The van der Waals surface area contributed by atoms with Gasteiger partial charge < -0.3 is 0 Å². The van der Waals surface area contributed by atoms with E-state index in [0.29, 0.717) is 11.4 Å². The van der Waals surface area contributed by atoms with Gasteiger partial charge in [0.05, 0.1) is 0 Å². The number of nitrogens with two attached hydrogens (primary N) is 1. The lowest BCUT2D eigenvalue weighted by Crippen LogP contribution is -2.22. The fraction of sp³-hybridized carbons (Fsp3) is 0.100. The predicted molar refractivity (Wildman–Crippen MR) is 64.7 cm³/mol. The molecule has 0 bridgehead atoms. The molecule has 0 unspecified atom stereocenters. The molecular formula is C10H10ClN5O. The van der Waals surface area contributed by atoms with Crippen molar-refractivity contribution in [3.05, 3.63) is 50.9 Å². The monoisotopic (exact) mass is 251 g/mol. The van der Waals surface area contributed by atoms with Crippen molar-refractivity contribution in [3.63, 3.8) is 0 Å².